The van der Waals surface area contributed by atoms with E-state index >= 15 is 0 Å². The van der Waals surface area contributed by atoms with Crippen LogP contribution < -0.4 is 14.8 Å². The van der Waals surface area contributed by atoms with E-state index in [4.69, 9.17) is 14.2 Å². The first-order valence-corrected chi connectivity index (χ1v) is 10.9. The summed E-state index contributed by atoms with van der Waals surface area (Å²) < 4.78 is 16.2. The van der Waals surface area contributed by atoms with Gasteiger partial charge in [-0.1, -0.05) is 54.6 Å². The number of hydrogen-bond donors (Lipinski definition) is 1. The minimum Gasteiger partial charge on any atom is -0.493 e. The molecule has 7 heteroatoms. The van der Waals surface area contributed by atoms with Crippen LogP contribution in [0.5, 0.6) is 11.5 Å². The molecular weight excluding hydrogens is 424 g/mol. The van der Waals surface area contributed by atoms with Crippen molar-refractivity contribution in [3.05, 3.63) is 83.2 Å². The third-order valence-electron chi connectivity index (χ3n) is 5.34. The summed E-state index contributed by atoms with van der Waals surface area (Å²) in [5.41, 5.74) is 5.27. The Hall–Kier alpha value is -3.84. The summed E-state index contributed by atoms with van der Waals surface area (Å²) in [6.07, 6.45) is -0.642. The molecule has 1 aliphatic heterocycles. The fourth-order valence-corrected chi connectivity index (χ4v) is 4.49. The van der Waals surface area contributed by atoms with E-state index in [1.54, 1.807) is 12.1 Å². The maximum atomic E-state index is 12.5. The zero-order valence-electron chi connectivity index (χ0n) is 17.5. The molecule has 4 aromatic rings. The van der Waals surface area contributed by atoms with Gasteiger partial charge in [0.25, 0.3) is 0 Å². The molecule has 6 nitrogen and oxygen atoms in total. The number of hydrogen-bond acceptors (Lipinski definition) is 7. The SMILES string of the molecule is COc1ccc2c(c1OC)C(=O)O[C@H]2Nc1nc(-c2ccc(-c3ccccc3)cc2)cs1. The van der Waals surface area contributed by atoms with Crippen molar-refractivity contribution >= 4 is 22.4 Å². The van der Waals surface area contributed by atoms with E-state index in [2.05, 4.69) is 46.7 Å². The first-order valence-electron chi connectivity index (χ1n) is 10.0. The molecule has 3 aromatic carbocycles. The van der Waals surface area contributed by atoms with Gasteiger partial charge in [-0.3, -0.25) is 0 Å². The number of cyclic esters (lactones) is 1. The number of ether oxygens (including phenoxy) is 3. The van der Waals surface area contributed by atoms with Gasteiger partial charge in [-0.05, 0) is 23.3 Å². The maximum absolute atomic E-state index is 12.5. The normalized spacial score (nSPS) is 14.6. The zero-order valence-corrected chi connectivity index (χ0v) is 18.3. The molecule has 1 aromatic heterocycles. The quantitative estimate of drug-likeness (QED) is 0.381. The van der Waals surface area contributed by atoms with Crippen LogP contribution in [0.15, 0.2) is 72.1 Å². The summed E-state index contributed by atoms with van der Waals surface area (Å²) in [5.74, 6) is 0.401. The Balaban J connectivity index is 1.36. The predicted octanol–water partition coefficient (Wildman–Crippen LogP) is 5.78. The van der Waals surface area contributed by atoms with E-state index in [-0.39, 0.29) is 0 Å². The standard InChI is InChI=1S/C25H20N2O4S/c1-29-20-13-12-18-21(22(20)30-2)24(28)31-23(18)27-25-26-19(14-32-25)17-10-8-16(9-11-17)15-6-4-3-5-7-15/h3-14,23H,1-2H3,(H,26,27)/t23-/m1/s1. The van der Waals surface area contributed by atoms with Crippen LogP contribution in [-0.2, 0) is 4.74 Å². The highest BCUT2D eigenvalue weighted by molar-refractivity contribution is 7.14. The van der Waals surface area contributed by atoms with Crippen LogP contribution in [0, 0.1) is 0 Å². The van der Waals surface area contributed by atoms with Gasteiger partial charge in [-0.25, -0.2) is 9.78 Å². The van der Waals surface area contributed by atoms with Gasteiger partial charge in [0, 0.05) is 16.5 Å². The molecule has 0 saturated carbocycles. The second-order valence-electron chi connectivity index (χ2n) is 7.18. The molecule has 2 heterocycles. The Kier molecular flexibility index (Phi) is 5.25. The number of fused-ring (bicyclic) bond motifs is 1. The monoisotopic (exact) mass is 444 g/mol. The van der Waals surface area contributed by atoms with E-state index < -0.39 is 12.2 Å². The minimum absolute atomic E-state index is 0.373. The second kappa shape index (κ2) is 8.36. The van der Waals surface area contributed by atoms with Gasteiger partial charge < -0.3 is 19.5 Å². The van der Waals surface area contributed by atoms with Gasteiger partial charge in [-0.15, -0.1) is 11.3 Å². The topological polar surface area (TPSA) is 69.7 Å². The molecule has 0 fully saturated rings. The van der Waals surface area contributed by atoms with E-state index in [1.807, 2.05) is 23.6 Å². The van der Waals surface area contributed by atoms with Gasteiger partial charge in [0.15, 0.2) is 16.6 Å². The number of nitrogens with one attached hydrogen (secondary N) is 1. The molecule has 0 unspecified atom stereocenters. The van der Waals surface area contributed by atoms with Gasteiger partial charge in [0.2, 0.25) is 6.23 Å². The zero-order chi connectivity index (χ0) is 22.1. The summed E-state index contributed by atoms with van der Waals surface area (Å²) in [6, 6.07) is 22.1. The van der Waals surface area contributed by atoms with Crippen molar-refractivity contribution in [1.29, 1.82) is 0 Å². The first kappa shape index (κ1) is 20.1. The fourth-order valence-electron chi connectivity index (χ4n) is 3.76. The molecule has 1 N–H and O–H groups in total. The number of anilines is 1. The maximum Gasteiger partial charge on any atom is 0.344 e. The fraction of sp³-hybridized carbons (Fsp3) is 0.120. The van der Waals surface area contributed by atoms with E-state index in [9.17, 15) is 4.79 Å². The van der Waals surface area contributed by atoms with Crippen LogP contribution in [0.1, 0.15) is 22.1 Å². The third kappa shape index (κ3) is 3.56. The highest BCUT2D eigenvalue weighted by atomic mass is 32.1. The summed E-state index contributed by atoms with van der Waals surface area (Å²) >= 11 is 1.46. The Labute approximate surface area is 189 Å². The molecule has 0 saturated heterocycles. The number of rotatable bonds is 6. The van der Waals surface area contributed by atoms with Crippen molar-refractivity contribution < 1.29 is 19.0 Å². The van der Waals surface area contributed by atoms with Gasteiger partial charge in [0.1, 0.15) is 5.56 Å². The van der Waals surface area contributed by atoms with Crippen molar-refractivity contribution in [2.24, 2.45) is 0 Å². The van der Waals surface area contributed by atoms with Crippen molar-refractivity contribution in [1.82, 2.24) is 4.98 Å². The third-order valence-corrected chi connectivity index (χ3v) is 6.11. The van der Waals surface area contributed by atoms with Gasteiger partial charge >= 0.3 is 5.97 Å². The molecule has 5 rings (SSSR count). The molecule has 0 bridgehead atoms. The number of carbonyl (C=O) groups is 1. The van der Waals surface area contributed by atoms with Crippen molar-refractivity contribution in [3.63, 3.8) is 0 Å². The minimum atomic E-state index is -0.642. The van der Waals surface area contributed by atoms with Crippen LogP contribution in [0.4, 0.5) is 5.13 Å². The molecule has 32 heavy (non-hydrogen) atoms. The average Bonchev–Trinajstić information content (AvgIpc) is 3.44. The Morgan fingerprint density at radius 2 is 1.62 bits per heavy atom. The van der Waals surface area contributed by atoms with E-state index in [0.717, 1.165) is 16.8 Å². The molecule has 1 aliphatic rings. The lowest BCUT2D eigenvalue weighted by molar-refractivity contribution is 0.0435. The lowest BCUT2D eigenvalue weighted by Crippen LogP contribution is -2.10. The Morgan fingerprint density at radius 1 is 0.906 bits per heavy atom. The number of carbonyl (C=O) groups excluding carboxylic acids is 1. The molecule has 1 atom stereocenters. The number of nitrogens with zero attached hydrogens (tertiary/aromatic N) is 1. The molecule has 0 aliphatic carbocycles. The number of aromatic nitrogens is 1. The first-order chi connectivity index (χ1) is 15.7. The molecule has 0 radical (unpaired) electrons. The summed E-state index contributed by atoms with van der Waals surface area (Å²) in [4.78, 5) is 17.2. The number of benzene rings is 3. The number of esters is 1. The highest BCUT2D eigenvalue weighted by Crippen LogP contribution is 2.42. The largest absolute Gasteiger partial charge is 0.493 e. The second-order valence-corrected chi connectivity index (χ2v) is 8.03. The van der Waals surface area contributed by atoms with Gasteiger partial charge in [-0.2, -0.15) is 0 Å². The average molecular weight is 445 g/mol. The highest BCUT2D eigenvalue weighted by Gasteiger charge is 2.36. The summed E-state index contributed by atoms with van der Waals surface area (Å²) in [7, 11) is 3.03. The lowest BCUT2D eigenvalue weighted by atomic mass is 10.0. The Morgan fingerprint density at radius 3 is 2.34 bits per heavy atom. The van der Waals surface area contributed by atoms with Crippen molar-refractivity contribution in [3.8, 4) is 33.9 Å². The Bertz CT molecular complexity index is 1270. The van der Waals surface area contributed by atoms with Crippen LogP contribution >= 0.6 is 11.3 Å². The predicted molar refractivity (Wildman–Crippen MR) is 124 cm³/mol. The van der Waals surface area contributed by atoms with Crippen molar-refractivity contribution in [2.45, 2.75) is 6.23 Å². The summed E-state index contributed by atoms with van der Waals surface area (Å²) in [5, 5.41) is 5.85. The van der Waals surface area contributed by atoms with Crippen LogP contribution in [0.25, 0.3) is 22.4 Å². The molecule has 0 spiro atoms. The van der Waals surface area contributed by atoms with E-state index in [0.29, 0.717) is 27.8 Å². The lowest BCUT2D eigenvalue weighted by Gasteiger charge is -2.13. The van der Waals surface area contributed by atoms with Gasteiger partial charge in [0.05, 0.1) is 19.9 Å². The van der Waals surface area contributed by atoms with Crippen molar-refractivity contribution in [2.75, 3.05) is 19.5 Å². The number of thiazole rings is 1. The smallest absolute Gasteiger partial charge is 0.344 e. The molecule has 160 valence electrons. The van der Waals surface area contributed by atoms with Crippen LogP contribution in [0.2, 0.25) is 0 Å². The molecule has 0 amide bonds. The van der Waals surface area contributed by atoms with E-state index in [1.165, 1.54) is 31.1 Å². The van der Waals surface area contributed by atoms with Crippen LogP contribution in [-0.4, -0.2) is 25.2 Å². The molecular formula is C25H20N2O4S. The summed E-state index contributed by atoms with van der Waals surface area (Å²) in [6.45, 7) is 0. The number of methoxy groups -OCH3 is 2. The van der Waals surface area contributed by atoms with Crippen LogP contribution in [0.3, 0.4) is 0 Å².